The number of urea groups is 1. The van der Waals surface area contributed by atoms with Crippen molar-refractivity contribution in [3.05, 3.63) is 81.7 Å². The molecule has 1 aliphatic heterocycles. The topological polar surface area (TPSA) is 76.3 Å². The smallest absolute Gasteiger partial charge is 0.319 e. The van der Waals surface area contributed by atoms with Gasteiger partial charge in [-0.15, -0.1) is 11.3 Å². The molecule has 6 rings (SSSR count). The van der Waals surface area contributed by atoms with Gasteiger partial charge in [-0.2, -0.15) is 5.10 Å². The second-order valence-electron chi connectivity index (χ2n) is 10.1. The van der Waals surface area contributed by atoms with Crippen LogP contribution in [0.15, 0.2) is 54.6 Å². The highest BCUT2D eigenvalue weighted by atomic mass is 32.1. The lowest BCUT2D eigenvalue weighted by molar-refractivity contribution is 0.148. The Balaban J connectivity index is 1.10. The number of H-pyrrole nitrogens is 1. The van der Waals surface area contributed by atoms with Gasteiger partial charge in [0, 0.05) is 60.8 Å². The lowest BCUT2D eigenvalue weighted by Gasteiger charge is -2.32. The maximum absolute atomic E-state index is 12.3. The number of anilines is 1. The van der Waals surface area contributed by atoms with Crippen LogP contribution in [0.25, 0.3) is 21.8 Å². The van der Waals surface area contributed by atoms with Crippen molar-refractivity contribution in [2.45, 2.75) is 26.4 Å². The van der Waals surface area contributed by atoms with Crippen LogP contribution in [-0.2, 0) is 19.5 Å². The van der Waals surface area contributed by atoms with Gasteiger partial charge in [-0.05, 0) is 54.9 Å². The van der Waals surface area contributed by atoms with Crippen LogP contribution in [0.1, 0.15) is 27.1 Å². The highest BCUT2D eigenvalue weighted by Gasteiger charge is 2.26. The molecule has 2 aromatic carbocycles. The number of rotatable bonds is 6. The maximum atomic E-state index is 12.3. The molecule has 3 N–H and O–H groups in total. The molecule has 8 heteroatoms. The van der Waals surface area contributed by atoms with Crippen molar-refractivity contribution in [3.63, 3.8) is 0 Å². The first kappa shape index (κ1) is 23.9. The molecule has 0 atom stereocenters. The summed E-state index contributed by atoms with van der Waals surface area (Å²) >= 11 is 1.69. The molecule has 0 bridgehead atoms. The van der Waals surface area contributed by atoms with Gasteiger partial charge in [-0.3, -0.25) is 10.00 Å². The highest BCUT2D eigenvalue weighted by molar-refractivity contribution is 7.15. The molecule has 0 saturated carbocycles. The van der Waals surface area contributed by atoms with Crippen LogP contribution in [0.5, 0.6) is 0 Å². The number of benzene rings is 2. The fraction of sp³-hybridized carbons (Fsp3) is 0.310. The minimum Gasteiger partial charge on any atom is -0.333 e. The molecule has 1 aliphatic carbocycles. The molecule has 0 radical (unpaired) electrons. The van der Waals surface area contributed by atoms with E-state index < -0.39 is 0 Å². The normalized spacial score (nSPS) is 15.4. The van der Waals surface area contributed by atoms with Crippen molar-refractivity contribution in [1.29, 1.82) is 0 Å². The van der Waals surface area contributed by atoms with Gasteiger partial charge in [-0.1, -0.05) is 30.3 Å². The largest absolute Gasteiger partial charge is 0.333 e. The monoisotopic (exact) mass is 512 g/mol. The average molecular weight is 513 g/mol. The van der Waals surface area contributed by atoms with E-state index in [4.69, 9.17) is 5.10 Å². The van der Waals surface area contributed by atoms with Crippen LogP contribution in [0, 0.1) is 6.92 Å². The number of aryl methyl sites for hydroxylation is 1. The number of amides is 2. The van der Waals surface area contributed by atoms with Crippen LogP contribution in [0.3, 0.4) is 0 Å². The molecule has 7 nitrogen and oxygen atoms in total. The molecule has 2 amide bonds. The molecule has 2 aromatic heterocycles. The Bertz CT molecular complexity index is 1430. The third-order valence-electron chi connectivity index (χ3n) is 7.27. The molecule has 190 valence electrons. The van der Waals surface area contributed by atoms with Crippen LogP contribution in [0.2, 0.25) is 0 Å². The number of hydrogen-bond acceptors (Lipinski definition) is 5. The zero-order chi connectivity index (χ0) is 25.4. The molecule has 1 saturated heterocycles. The quantitative estimate of drug-likeness (QED) is 0.296. The second-order valence-corrected chi connectivity index (χ2v) is 11.3. The molecular weight excluding hydrogens is 480 g/mol. The van der Waals surface area contributed by atoms with Crippen molar-refractivity contribution in [2.24, 2.45) is 0 Å². The number of fused-ring (bicyclic) bond motifs is 3. The number of aromatic nitrogens is 2. The predicted octanol–water partition coefficient (Wildman–Crippen LogP) is 5.09. The summed E-state index contributed by atoms with van der Waals surface area (Å²) in [5, 5.41) is 13.8. The number of thiophene rings is 1. The fourth-order valence-corrected chi connectivity index (χ4v) is 6.18. The zero-order valence-electron chi connectivity index (χ0n) is 21.3. The summed E-state index contributed by atoms with van der Waals surface area (Å²) in [6.07, 6.45) is 0.900. The summed E-state index contributed by atoms with van der Waals surface area (Å²) in [5.74, 6) is 0. The number of carbonyl (C=O) groups excluding carboxylic acids is 1. The first-order valence-electron chi connectivity index (χ1n) is 12.8. The van der Waals surface area contributed by atoms with E-state index in [1.807, 2.05) is 31.2 Å². The van der Waals surface area contributed by atoms with E-state index in [1.54, 1.807) is 11.3 Å². The molecule has 4 aromatic rings. The first-order valence-corrected chi connectivity index (χ1v) is 13.6. The van der Waals surface area contributed by atoms with Crippen molar-refractivity contribution in [1.82, 2.24) is 25.3 Å². The average Bonchev–Trinajstić information content (AvgIpc) is 3.59. The summed E-state index contributed by atoms with van der Waals surface area (Å²) in [7, 11) is 2.20. The summed E-state index contributed by atoms with van der Waals surface area (Å²) < 4.78 is 0. The lowest BCUT2D eigenvalue weighted by atomic mass is 10.0. The predicted molar refractivity (Wildman–Crippen MR) is 150 cm³/mol. The molecule has 3 heterocycles. The number of nitrogens with zero attached hydrogens (tertiary/aromatic N) is 3. The molecule has 2 aliphatic rings. The third kappa shape index (κ3) is 5.18. The van der Waals surface area contributed by atoms with Gasteiger partial charge in [0.05, 0.1) is 22.8 Å². The van der Waals surface area contributed by atoms with Gasteiger partial charge in [0.2, 0.25) is 0 Å². The summed E-state index contributed by atoms with van der Waals surface area (Å²) in [6.45, 7) is 8.03. The van der Waals surface area contributed by atoms with Crippen molar-refractivity contribution >= 4 is 23.1 Å². The Hall–Kier alpha value is -3.46. The van der Waals surface area contributed by atoms with E-state index in [-0.39, 0.29) is 6.03 Å². The number of hydrogen-bond donors (Lipinski definition) is 3. The highest BCUT2D eigenvalue weighted by Crippen LogP contribution is 2.42. The minimum absolute atomic E-state index is 0.203. The van der Waals surface area contributed by atoms with E-state index in [2.05, 4.69) is 62.9 Å². The second kappa shape index (κ2) is 10.1. The summed E-state index contributed by atoms with van der Waals surface area (Å²) in [6, 6.07) is 18.7. The van der Waals surface area contributed by atoms with Gasteiger partial charge >= 0.3 is 6.03 Å². The van der Waals surface area contributed by atoms with Gasteiger partial charge in [0.1, 0.15) is 0 Å². The molecule has 0 unspecified atom stereocenters. The first-order chi connectivity index (χ1) is 18.0. The zero-order valence-corrected chi connectivity index (χ0v) is 22.1. The van der Waals surface area contributed by atoms with Crippen LogP contribution < -0.4 is 10.6 Å². The molecular formula is C29H32N6OS. The number of piperazine rings is 1. The van der Waals surface area contributed by atoms with Crippen LogP contribution in [0.4, 0.5) is 10.5 Å². The number of carbonyl (C=O) groups is 1. The third-order valence-corrected chi connectivity index (χ3v) is 8.37. The fourth-order valence-electron chi connectivity index (χ4n) is 5.21. The van der Waals surface area contributed by atoms with Gasteiger partial charge in [-0.25, -0.2) is 4.79 Å². The van der Waals surface area contributed by atoms with E-state index in [0.29, 0.717) is 6.54 Å². The van der Waals surface area contributed by atoms with E-state index in [0.717, 1.165) is 71.5 Å². The maximum Gasteiger partial charge on any atom is 0.319 e. The number of nitrogens with one attached hydrogen (secondary N) is 3. The lowest BCUT2D eigenvalue weighted by Crippen LogP contribution is -2.43. The van der Waals surface area contributed by atoms with Crippen LogP contribution >= 0.6 is 11.3 Å². The Kier molecular flexibility index (Phi) is 6.54. The minimum atomic E-state index is -0.203. The van der Waals surface area contributed by atoms with E-state index in [1.165, 1.54) is 22.3 Å². The standard InChI is InChI=1S/C29H32N6OS/c1-19-4-3-5-22(14-19)31-29(36)30-17-23-7-9-26(37-23)28-25-16-21-15-20(6-8-24(21)27(25)32-33-28)18-35-12-10-34(2)11-13-35/h3-9,14-15H,10-13,16-18H2,1-2H3,(H,32,33)(H2,30,31,36). The Morgan fingerprint density at radius 3 is 2.78 bits per heavy atom. The SMILES string of the molecule is Cc1cccc(NC(=O)NCc2ccc(-c3[nH]nc4c3Cc3cc(CN5CCN(C)CC5)ccc3-4)s2)c1. The van der Waals surface area contributed by atoms with Gasteiger partial charge in [0.25, 0.3) is 0 Å². The van der Waals surface area contributed by atoms with Gasteiger partial charge < -0.3 is 15.5 Å². The van der Waals surface area contributed by atoms with Crippen LogP contribution in [-0.4, -0.2) is 59.3 Å². The number of likely N-dealkylation sites (N-methyl/N-ethyl adjacent to an activating group) is 1. The Morgan fingerprint density at radius 2 is 1.95 bits per heavy atom. The molecule has 1 fully saturated rings. The van der Waals surface area contributed by atoms with Crippen molar-refractivity contribution in [3.8, 4) is 21.8 Å². The van der Waals surface area contributed by atoms with Crippen molar-refractivity contribution < 1.29 is 4.79 Å². The van der Waals surface area contributed by atoms with Gasteiger partial charge in [0.15, 0.2) is 0 Å². The van der Waals surface area contributed by atoms with E-state index >= 15 is 0 Å². The molecule has 37 heavy (non-hydrogen) atoms. The summed E-state index contributed by atoms with van der Waals surface area (Å²) in [5.41, 5.74) is 9.33. The summed E-state index contributed by atoms with van der Waals surface area (Å²) in [4.78, 5) is 19.5. The Morgan fingerprint density at radius 1 is 1.08 bits per heavy atom. The molecule has 0 spiro atoms. The Labute approximate surface area is 221 Å². The number of aromatic amines is 1. The van der Waals surface area contributed by atoms with Crippen molar-refractivity contribution in [2.75, 3.05) is 38.5 Å². The van der Waals surface area contributed by atoms with E-state index in [9.17, 15) is 4.79 Å².